The van der Waals surface area contributed by atoms with Gasteiger partial charge in [0.2, 0.25) is 0 Å². The number of hydrogen-bond acceptors (Lipinski definition) is 1. The van der Waals surface area contributed by atoms with E-state index >= 15 is 0 Å². The summed E-state index contributed by atoms with van der Waals surface area (Å²) < 4.78 is 0. The van der Waals surface area contributed by atoms with Crippen LogP contribution in [0.5, 0.6) is 0 Å². The smallest absolute Gasteiger partial charge is 0.00411 e. The van der Waals surface area contributed by atoms with Crippen molar-refractivity contribution in [2.24, 2.45) is 0 Å². The summed E-state index contributed by atoms with van der Waals surface area (Å²) in [6.45, 7) is 14.4. The van der Waals surface area contributed by atoms with E-state index in [2.05, 4.69) is 58.6 Å². The van der Waals surface area contributed by atoms with Crippen LogP contribution < -0.4 is 0 Å². The summed E-state index contributed by atoms with van der Waals surface area (Å²) in [5.74, 6) is 0. The Labute approximate surface area is 101 Å². The molecule has 0 aliphatic rings. The van der Waals surface area contributed by atoms with Gasteiger partial charge in [-0.3, -0.25) is 4.90 Å². The van der Waals surface area contributed by atoms with Crippen LogP contribution in [0.25, 0.3) is 0 Å². The van der Waals surface area contributed by atoms with Crippen LogP contribution in [-0.2, 0) is 0 Å². The summed E-state index contributed by atoms with van der Waals surface area (Å²) in [4.78, 5) is 2.46. The van der Waals surface area contributed by atoms with E-state index in [4.69, 9.17) is 0 Å². The normalized spacial score (nSPS) is 10.6. The van der Waals surface area contributed by atoms with Gasteiger partial charge in [0, 0.05) is 12.1 Å². The highest BCUT2D eigenvalue weighted by Crippen LogP contribution is 2.02. The van der Waals surface area contributed by atoms with Crippen molar-refractivity contribution in [1.82, 2.24) is 4.90 Å². The molecule has 1 aromatic carbocycles. The molecule has 0 spiro atoms. The van der Waals surface area contributed by atoms with Crippen molar-refractivity contribution in [2.45, 2.75) is 53.6 Å². The van der Waals surface area contributed by atoms with Gasteiger partial charge in [-0.25, -0.2) is 0 Å². The monoisotopic (exact) mass is 221 g/mol. The largest absolute Gasteiger partial charge is 0.299 e. The summed E-state index contributed by atoms with van der Waals surface area (Å²) in [6.07, 6.45) is 0. The second kappa shape index (κ2) is 8.35. The van der Waals surface area contributed by atoms with Crippen LogP contribution in [0.1, 0.15) is 40.2 Å². The van der Waals surface area contributed by atoms with Gasteiger partial charge in [-0.1, -0.05) is 42.8 Å². The molecule has 1 heteroatoms. The van der Waals surface area contributed by atoms with Crippen molar-refractivity contribution < 1.29 is 0 Å². The zero-order valence-corrected chi connectivity index (χ0v) is 11.7. The number of benzene rings is 1. The average molecular weight is 221 g/mol. The Morgan fingerprint density at radius 2 is 1.38 bits per heavy atom. The minimum atomic E-state index is 0.690. The third-order valence-corrected chi connectivity index (χ3v) is 2.63. The van der Waals surface area contributed by atoms with E-state index in [9.17, 15) is 0 Å². The number of aryl methyl sites for hydroxylation is 1. The molecule has 1 aromatic rings. The predicted molar refractivity (Wildman–Crippen MR) is 73.8 cm³/mol. The first kappa shape index (κ1) is 15.2. The highest BCUT2D eigenvalue weighted by Gasteiger charge is 2.08. The van der Waals surface area contributed by atoms with Crippen LogP contribution in [0.3, 0.4) is 0 Å². The van der Waals surface area contributed by atoms with E-state index in [1.165, 1.54) is 5.56 Å². The van der Waals surface area contributed by atoms with E-state index in [0.717, 1.165) is 6.54 Å². The summed E-state index contributed by atoms with van der Waals surface area (Å²) in [5, 5.41) is 0. The molecule has 1 rings (SSSR count). The highest BCUT2D eigenvalue weighted by molar-refractivity contribution is 5.11. The molecule has 0 fully saturated rings. The fourth-order valence-corrected chi connectivity index (χ4v) is 1.86. The maximum atomic E-state index is 2.46. The topological polar surface area (TPSA) is 3.24 Å². The minimum absolute atomic E-state index is 0.690. The second-order valence-corrected chi connectivity index (χ2v) is 4.67. The molecular weight excluding hydrogens is 194 g/mol. The summed E-state index contributed by atoms with van der Waals surface area (Å²) in [7, 11) is 0. The summed E-state index contributed by atoms with van der Waals surface area (Å²) >= 11 is 0. The standard InChI is InChI=1S/C8H19N.C7H8/c1-6-9(7(2)3)8(4)5;1-7-5-3-2-4-6-7/h7-8H,6H2,1-5H3;2-6H,1H3. The van der Waals surface area contributed by atoms with Crippen LogP contribution in [0.2, 0.25) is 0 Å². The first-order chi connectivity index (χ1) is 7.49. The van der Waals surface area contributed by atoms with E-state index in [-0.39, 0.29) is 0 Å². The molecule has 0 heterocycles. The molecule has 0 N–H and O–H groups in total. The van der Waals surface area contributed by atoms with Crippen molar-refractivity contribution in [3.63, 3.8) is 0 Å². The van der Waals surface area contributed by atoms with Gasteiger partial charge in [0.05, 0.1) is 0 Å². The maximum Gasteiger partial charge on any atom is 0.00411 e. The van der Waals surface area contributed by atoms with Gasteiger partial charge >= 0.3 is 0 Å². The first-order valence-corrected chi connectivity index (χ1v) is 6.26. The van der Waals surface area contributed by atoms with Gasteiger partial charge in [-0.2, -0.15) is 0 Å². The highest BCUT2D eigenvalue weighted by atomic mass is 15.2. The van der Waals surface area contributed by atoms with Crippen molar-refractivity contribution in [3.8, 4) is 0 Å². The Hall–Kier alpha value is -0.820. The van der Waals surface area contributed by atoms with Crippen LogP contribution in [0, 0.1) is 6.92 Å². The van der Waals surface area contributed by atoms with Crippen molar-refractivity contribution in [1.29, 1.82) is 0 Å². The van der Waals surface area contributed by atoms with E-state index in [0.29, 0.717) is 12.1 Å². The molecule has 0 aliphatic carbocycles. The molecule has 0 unspecified atom stereocenters. The van der Waals surface area contributed by atoms with Gasteiger partial charge in [-0.05, 0) is 41.2 Å². The molecule has 0 aliphatic heterocycles. The number of nitrogens with zero attached hydrogens (tertiary/aromatic N) is 1. The minimum Gasteiger partial charge on any atom is -0.299 e. The molecule has 0 atom stereocenters. The zero-order valence-electron chi connectivity index (χ0n) is 11.7. The Morgan fingerprint density at radius 1 is 0.938 bits per heavy atom. The summed E-state index contributed by atoms with van der Waals surface area (Å²) in [6, 6.07) is 11.6. The second-order valence-electron chi connectivity index (χ2n) is 4.67. The average Bonchev–Trinajstić information content (AvgIpc) is 2.19. The number of hydrogen-bond donors (Lipinski definition) is 0. The lowest BCUT2D eigenvalue weighted by molar-refractivity contribution is 0.185. The van der Waals surface area contributed by atoms with Crippen molar-refractivity contribution in [2.75, 3.05) is 6.54 Å². The van der Waals surface area contributed by atoms with Gasteiger partial charge in [-0.15, -0.1) is 0 Å². The van der Waals surface area contributed by atoms with Crippen LogP contribution in [0.4, 0.5) is 0 Å². The number of rotatable bonds is 3. The predicted octanol–water partition coefficient (Wildman–Crippen LogP) is 4.12. The fourth-order valence-electron chi connectivity index (χ4n) is 1.86. The molecule has 16 heavy (non-hydrogen) atoms. The maximum absolute atomic E-state index is 2.46. The lowest BCUT2D eigenvalue weighted by Gasteiger charge is -2.28. The summed E-state index contributed by atoms with van der Waals surface area (Å²) in [5.41, 5.74) is 1.32. The van der Waals surface area contributed by atoms with E-state index < -0.39 is 0 Å². The van der Waals surface area contributed by atoms with Gasteiger partial charge in [0.15, 0.2) is 0 Å². The fraction of sp³-hybridized carbons (Fsp3) is 0.600. The van der Waals surface area contributed by atoms with Crippen molar-refractivity contribution >= 4 is 0 Å². The molecule has 1 nitrogen and oxygen atoms in total. The molecule has 0 amide bonds. The van der Waals surface area contributed by atoms with Gasteiger partial charge in [0.25, 0.3) is 0 Å². The Balaban J connectivity index is 0.000000288. The Morgan fingerprint density at radius 3 is 1.50 bits per heavy atom. The lowest BCUT2D eigenvalue weighted by atomic mass is 10.2. The first-order valence-electron chi connectivity index (χ1n) is 6.26. The third-order valence-electron chi connectivity index (χ3n) is 2.63. The van der Waals surface area contributed by atoms with Crippen LogP contribution in [-0.4, -0.2) is 23.5 Å². The molecule has 0 bridgehead atoms. The molecular formula is C15H27N. The molecule has 92 valence electrons. The van der Waals surface area contributed by atoms with Crippen LogP contribution >= 0.6 is 0 Å². The molecule has 0 saturated carbocycles. The third kappa shape index (κ3) is 6.62. The Kier molecular flexibility index (Phi) is 7.92. The van der Waals surface area contributed by atoms with Gasteiger partial charge < -0.3 is 0 Å². The van der Waals surface area contributed by atoms with Crippen LogP contribution in [0.15, 0.2) is 30.3 Å². The zero-order chi connectivity index (χ0) is 12.6. The van der Waals surface area contributed by atoms with Gasteiger partial charge in [0.1, 0.15) is 0 Å². The van der Waals surface area contributed by atoms with E-state index in [1.807, 2.05) is 18.2 Å². The molecule has 0 saturated heterocycles. The lowest BCUT2D eigenvalue weighted by Crippen LogP contribution is -2.36. The molecule has 0 radical (unpaired) electrons. The van der Waals surface area contributed by atoms with E-state index in [1.54, 1.807) is 0 Å². The SMILES string of the molecule is CCN(C(C)C)C(C)C.Cc1ccccc1. The molecule has 0 aromatic heterocycles. The quantitative estimate of drug-likeness (QED) is 0.742. The van der Waals surface area contributed by atoms with Crippen molar-refractivity contribution in [3.05, 3.63) is 35.9 Å². The Bertz CT molecular complexity index is 243.